The molecule has 2 heteroatoms. The van der Waals surface area contributed by atoms with Gasteiger partial charge in [-0.15, -0.1) is 0 Å². The van der Waals surface area contributed by atoms with E-state index in [2.05, 4.69) is 62.0 Å². The fourth-order valence-electron chi connectivity index (χ4n) is 4.34. The van der Waals surface area contributed by atoms with Gasteiger partial charge in [-0.1, -0.05) is 62.0 Å². The highest BCUT2D eigenvalue weighted by atomic mass is 16.6. The van der Waals surface area contributed by atoms with E-state index in [4.69, 9.17) is 4.74 Å². The summed E-state index contributed by atoms with van der Waals surface area (Å²) in [6.07, 6.45) is 3.69. The Hall–Kier alpha value is -2.61. The van der Waals surface area contributed by atoms with Crippen LogP contribution in [-0.2, 0) is 21.6 Å². The van der Waals surface area contributed by atoms with Gasteiger partial charge in [0, 0.05) is 5.57 Å². The molecule has 0 bridgehead atoms. The van der Waals surface area contributed by atoms with Gasteiger partial charge in [0.25, 0.3) is 0 Å². The predicted octanol–water partition coefficient (Wildman–Crippen LogP) is 6.05. The topological polar surface area (TPSA) is 26.3 Å². The lowest BCUT2D eigenvalue weighted by molar-refractivity contribution is -0.158. The smallest absolute Gasteiger partial charge is 0.333 e. The SMILES string of the molecule is C=C(C)C(=O)OC1(CC)CCCc2c1ccc1c2ccc2ccccc21. The maximum atomic E-state index is 12.3. The second-order valence-electron chi connectivity index (χ2n) is 7.34. The largest absolute Gasteiger partial charge is 0.451 e. The van der Waals surface area contributed by atoms with Crippen LogP contribution in [0, 0.1) is 0 Å². The van der Waals surface area contributed by atoms with Gasteiger partial charge in [-0.2, -0.15) is 0 Å². The number of rotatable bonds is 3. The average Bonchev–Trinajstić information content (AvgIpc) is 2.67. The van der Waals surface area contributed by atoms with Crippen molar-refractivity contribution in [3.05, 3.63) is 71.8 Å². The van der Waals surface area contributed by atoms with Crippen LogP contribution >= 0.6 is 0 Å². The predicted molar refractivity (Wildman–Crippen MR) is 107 cm³/mol. The molecule has 0 aliphatic heterocycles. The van der Waals surface area contributed by atoms with E-state index in [1.165, 1.54) is 32.7 Å². The zero-order valence-electron chi connectivity index (χ0n) is 15.5. The van der Waals surface area contributed by atoms with E-state index in [1.807, 2.05) is 0 Å². The summed E-state index contributed by atoms with van der Waals surface area (Å²) >= 11 is 0. The van der Waals surface area contributed by atoms with Crippen LogP contribution in [0.15, 0.2) is 60.7 Å². The number of aryl methyl sites for hydroxylation is 1. The standard InChI is InChI=1S/C24H24O2/c1-4-24(26-23(25)16(2)3)15-7-10-21-20-12-11-17-8-5-6-9-18(17)19(20)13-14-22(21)24/h5-6,8-9,11-14H,2,4,7,10,15H2,1,3H3. The molecule has 0 N–H and O–H groups in total. The average molecular weight is 344 g/mol. The Kier molecular flexibility index (Phi) is 4.07. The third kappa shape index (κ3) is 2.52. The van der Waals surface area contributed by atoms with E-state index in [1.54, 1.807) is 6.92 Å². The first-order valence-corrected chi connectivity index (χ1v) is 9.38. The number of benzene rings is 3. The van der Waals surface area contributed by atoms with Gasteiger partial charge in [-0.3, -0.25) is 0 Å². The minimum atomic E-state index is -0.538. The highest BCUT2D eigenvalue weighted by molar-refractivity contribution is 6.08. The molecule has 4 rings (SSSR count). The first-order chi connectivity index (χ1) is 12.6. The van der Waals surface area contributed by atoms with E-state index < -0.39 is 5.60 Å². The van der Waals surface area contributed by atoms with Gasteiger partial charge < -0.3 is 4.74 Å². The van der Waals surface area contributed by atoms with Crippen molar-refractivity contribution in [2.45, 2.75) is 45.1 Å². The molecule has 0 spiro atoms. The Morgan fingerprint density at radius 3 is 2.62 bits per heavy atom. The lowest BCUT2D eigenvalue weighted by Crippen LogP contribution is -2.36. The summed E-state index contributed by atoms with van der Waals surface area (Å²) in [6, 6.07) is 17.3. The number of hydrogen-bond donors (Lipinski definition) is 0. The molecule has 1 aliphatic carbocycles. The van der Waals surface area contributed by atoms with Gasteiger partial charge in [0.15, 0.2) is 0 Å². The molecule has 0 fully saturated rings. The fourth-order valence-corrected chi connectivity index (χ4v) is 4.34. The van der Waals surface area contributed by atoms with Crippen molar-refractivity contribution in [3.8, 4) is 0 Å². The van der Waals surface area contributed by atoms with E-state index in [-0.39, 0.29) is 5.97 Å². The van der Waals surface area contributed by atoms with Crippen LogP contribution in [0.1, 0.15) is 44.2 Å². The van der Waals surface area contributed by atoms with Crippen LogP contribution in [0.25, 0.3) is 21.5 Å². The second-order valence-corrected chi connectivity index (χ2v) is 7.34. The molecule has 132 valence electrons. The molecule has 1 unspecified atom stereocenters. The van der Waals surface area contributed by atoms with Crippen LogP contribution in [0.4, 0.5) is 0 Å². The number of hydrogen-bond acceptors (Lipinski definition) is 2. The van der Waals surface area contributed by atoms with Crippen molar-refractivity contribution in [3.63, 3.8) is 0 Å². The third-order valence-corrected chi connectivity index (χ3v) is 5.74. The van der Waals surface area contributed by atoms with Gasteiger partial charge in [-0.05, 0) is 65.3 Å². The number of ether oxygens (including phenoxy) is 1. The molecule has 0 saturated carbocycles. The van der Waals surface area contributed by atoms with E-state index in [0.29, 0.717) is 5.57 Å². The van der Waals surface area contributed by atoms with Crippen molar-refractivity contribution >= 4 is 27.5 Å². The Morgan fingerprint density at radius 2 is 1.85 bits per heavy atom. The summed E-state index contributed by atoms with van der Waals surface area (Å²) in [7, 11) is 0. The minimum absolute atomic E-state index is 0.293. The Labute approximate surface area is 154 Å². The highest BCUT2D eigenvalue weighted by Crippen LogP contribution is 2.44. The van der Waals surface area contributed by atoms with Crippen LogP contribution < -0.4 is 0 Å². The molecule has 2 nitrogen and oxygen atoms in total. The first-order valence-electron chi connectivity index (χ1n) is 9.38. The zero-order valence-corrected chi connectivity index (χ0v) is 15.5. The summed E-state index contributed by atoms with van der Waals surface area (Å²) in [5.74, 6) is -0.293. The molecule has 0 aromatic heterocycles. The van der Waals surface area contributed by atoms with Gasteiger partial charge in [0.1, 0.15) is 5.60 Å². The van der Waals surface area contributed by atoms with Crippen LogP contribution in [0.5, 0.6) is 0 Å². The molecule has 0 amide bonds. The van der Waals surface area contributed by atoms with Gasteiger partial charge >= 0.3 is 5.97 Å². The lowest BCUT2D eigenvalue weighted by Gasteiger charge is -2.38. The quantitative estimate of drug-likeness (QED) is 0.328. The molecular formula is C24H24O2. The van der Waals surface area contributed by atoms with E-state index >= 15 is 0 Å². The van der Waals surface area contributed by atoms with Crippen molar-refractivity contribution in [1.82, 2.24) is 0 Å². The van der Waals surface area contributed by atoms with Crippen LogP contribution in [0.3, 0.4) is 0 Å². The molecule has 3 aromatic carbocycles. The summed E-state index contributed by atoms with van der Waals surface area (Å²) in [5, 5.41) is 5.09. The monoisotopic (exact) mass is 344 g/mol. The second kappa shape index (κ2) is 6.28. The lowest BCUT2D eigenvalue weighted by atomic mass is 9.75. The number of carbonyl (C=O) groups is 1. The van der Waals surface area contributed by atoms with E-state index in [9.17, 15) is 4.79 Å². The third-order valence-electron chi connectivity index (χ3n) is 5.74. The van der Waals surface area contributed by atoms with Crippen LogP contribution in [-0.4, -0.2) is 5.97 Å². The normalized spacial score (nSPS) is 19.3. The molecule has 0 radical (unpaired) electrons. The van der Waals surface area contributed by atoms with Crippen molar-refractivity contribution < 1.29 is 9.53 Å². The van der Waals surface area contributed by atoms with Gasteiger partial charge in [0.05, 0.1) is 0 Å². The molecule has 3 aromatic rings. The maximum absolute atomic E-state index is 12.3. The first kappa shape index (κ1) is 16.8. The zero-order chi connectivity index (χ0) is 18.3. The Bertz CT molecular complexity index is 1030. The number of carbonyl (C=O) groups excluding carboxylic acids is 1. The molecule has 1 aliphatic rings. The summed E-state index contributed by atoms with van der Waals surface area (Å²) in [6.45, 7) is 7.56. The Morgan fingerprint density at radius 1 is 1.08 bits per heavy atom. The number of esters is 1. The number of fused-ring (bicyclic) bond motifs is 5. The summed E-state index contributed by atoms with van der Waals surface area (Å²) < 4.78 is 6.01. The summed E-state index contributed by atoms with van der Waals surface area (Å²) in [5.41, 5.74) is 2.42. The molecule has 0 heterocycles. The van der Waals surface area contributed by atoms with E-state index in [0.717, 1.165) is 25.7 Å². The maximum Gasteiger partial charge on any atom is 0.333 e. The highest BCUT2D eigenvalue weighted by Gasteiger charge is 2.39. The minimum Gasteiger partial charge on any atom is -0.451 e. The Balaban J connectivity index is 1.94. The molecule has 26 heavy (non-hydrogen) atoms. The van der Waals surface area contributed by atoms with Crippen molar-refractivity contribution in [2.75, 3.05) is 0 Å². The van der Waals surface area contributed by atoms with Crippen LogP contribution in [0.2, 0.25) is 0 Å². The molecular weight excluding hydrogens is 320 g/mol. The van der Waals surface area contributed by atoms with Gasteiger partial charge in [-0.25, -0.2) is 4.79 Å². The van der Waals surface area contributed by atoms with Crippen molar-refractivity contribution in [2.24, 2.45) is 0 Å². The summed E-state index contributed by atoms with van der Waals surface area (Å²) in [4.78, 5) is 12.3. The fraction of sp³-hybridized carbons (Fsp3) is 0.292. The molecule has 1 atom stereocenters. The van der Waals surface area contributed by atoms with Crippen molar-refractivity contribution in [1.29, 1.82) is 0 Å². The molecule has 0 saturated heterocycles. The van der Waals surface area contributed by atoms with Gasteiger partial charge in [0.2, 0.25) is 0 Å².